The van der Waals surface area contributed by atoms with Gasteiger partial charge in [0.2, 0.25) is 17.6 Å². The predicted octanol–water partition coefficient (Wildman–Crippen LogP) is 5.96. The van der Waals surface area contributed by atoms with Crippen molar-refractivity contribution in [2.24, 2.45) is 0 Å². The van der Waals surface area contributed by atoms with Crippen molar-refractivity contribution in [3.63, 3.8) is 0 Å². The number of rotatable bonds is 5. The first kappa shape index (κ1) is 19.7. The van der Waals surface area contributed by atoms with Crippen molar-refractivity contribution in [2.75, 3.05) is 6.61 Å². The zero-order valence-electron chi connectivity index (χ0n) is 16.2. The van der Waals surface area contributed by atoms with Gasteiger partial charge < -0.3 is 14.0 Å². The summed E-state index contributed by atoms with van der Waals surface area (Å²) in [6, 6.07) is 17.6. The Kier molecular flexibility index (Phi) is 5.36. The molecule has 2 aromatic carbocycles. The summed E-state index contributed by atoms with van der Waals surface area (Å²) in [6.07, 6.45) is 1.92. The van der Waals surface area contributed by atoms with Crippen LogP contribution in [-0.4, -0.2) is 21.7 Å². The number of halogens is 2. The number of aromatic nitrogens is 3. The van der Waals surface area contributed by atoms with E-state index >= 15 is 0 Å². The van der Waals surface area contributed by atoms with Gasteiger partial charge in [0.15, 0.2) is 0 Å². The van der Waals surface area contributed by atoms with Crippen LogP contribution in [0.5, 0.6) is 11.6 Å². The van der Waals surface area contributed by atoms with Crippen LogP contribution in [-0.2, 0) is 4.74 Å². The average Bonchev–Trinajstić information content (AvgIpc) is 3.46. The minimum absolute atomic E-state index is 0.0703. The molecule has 0 radical (unpaired) electrons. The Morgan fingerprint density at radius 2 is 1.94 bits per heavy atom. The smallest absolute Gasteiger partial charge is 0.233 e. The van der Waals surface area contributed by atoms with E-state index < -0.39 is 11.9 Å². The third kappa shape index (κ3) is 4.02. The van der Waals surface area contributed by atoms with Crippen molar-refractivity contribution in [3.8, 4) is 23.0 Å². The fourth-order valence-corrected chi connectivity index (χ4v) is 3.72. The van der Waals surface area contributed by atoms with Gasteiger partial charge in [-0.05, 0) is 48.4 Å². The molecule has 1 aliphatic rings. The highest BCUT2D eigenvalue weighted by Gasteiger charge is 2.36. The van der Waals surface area contributed by atoms with Gasteiger partial charge in [-0.3, -0.25) is 0 Å². The molecule has 31 heavy (non-hydrogen) atoms. The van der Waals surface area contributed by atoms with Gasteiger partial charge in [-0.1, -0.05) is 41.0 Å². The first-order valence-corrected chi connectivity index (χ1v) is 10.2. The van der Waals surface area contributed by atoms with Crippen molar-refractivity contribution in [1.82, 2.24) is 15.1 Å². The molecular formula is C23H17ClFN3O3. The summed E-state index contributed by atoms with van der Waals surface area (Å²) in [5, 5.41) is 4.21. The number of pyridine rings is 1. The molecule has 0 spiro atoms. The molecule has 0 amide bonds. The highest BCUT2D eigenvalue weighted by molar-refractivity contribution is 6.30. The number of para-hydroxylation sites is 1. The summed E-state index contributed by atoms with van der Waals surface area (Å²) in [4.78, 5) is 8.90. The van der Waals surface area contributed by atoms with Gasteiger partial charge in [0.05, 0.1) is 22.6 Å². The fraction of sp³-hybridized carbons (Fsp3) is 0.174. The molecule has 4 aromatic rings. The lowest BCUT2D eigenvalue weighted by atomic mass is 9.95. The quantitative estimate of drug-likeness (QED) is 0.383. The van der Waals surface area contributed by atoms with Crippen LogP contribution in [0.1, 0.15) is 29.9 Å². The van der Waals surface area contributed by atoms with Crippen LogP contribution in [0.4, 0.5) is 4.39 Å². The molecule has 0 aliphatic carbocycles. The molecule has 1 fully saturated rings. The second-order valence-electron chi connectivity index (χ2n) is 7.09. The summed E-state index contributed by atoms with van der Waals surface area (Å²) >= 11 is 5.81. The Labute approximate surface area is 182 Å². The maximum Gasteiger partial charge on any atom is 0.233 e. The van der Waals surface area contributed by atoms with Crippen molar-refractivity contribution >= 4 is 11.6 Å². The third-order valence-electron chi connectivity index (χ3n) is 5.09. The third-order valence-corrected chi connectivity index (χ3v) is 5.40. The average molecular weight is 438 g/mol. The van der Waals surface area contributed by atoms with Gasteiger partial charge in [0.1, 0.15) is 11.6 Å². The molecule has 8 heteroatoms. The Hall–Kier alpha value is -3.29. The highest BCUT2D eigenvalue weighted by atomic mass is 35.5. The Balaban J connectivity index is 1.43. The lowest BCUT2D eigenvalue weighted by Gasteiger charge is -2.16. The first-order valence-electron chi connectivity index (χ1n) is 9.77. The minimum atomic E-state index is -0.488. The van der Waals surface area contributed by atoms with Crippen LogP contribution in [0.2, 0.25) is 5.02 Å². The number of hydrogen-bond acceptors (Lipinski definition) is 6. The SMILES string of the molecule is Fc1cc([C@@H]2OCC[C@H]2c2nc(-c3cccnc3Oc3ccccc3)no2)ccc1Cl. The lowest BCUT2D eigenvalue weighted by Crippen LogP contribution is -2.07. The Bertz CT molecular complexity index is 1200. The number of benzene rings is 2. The first-order chi connectivity index (χ1) is 15.2. The molecule has 1 saturated heterocycles. The van der Waals surface area contributed by atoms with E-state index in [0.717, 1.165) is 0 Å². The van der Waals surface area contributed by atoms with Crippen molar-refractivity contribution < 1.29 is 18.4 Å². The zero-order chi connectivity index (χ0) is 21.2. The monoisotopic (exact) mass is 437 g/mol. The van der Waals surface area contributed by atoms with Crippen molar-refractivity contribution in [1.29, 1.82) is 0 Å². The van der Waals surface area contributed by atoms with E-state index in [2.05, 4.69) is 15.1 Å². The molecule has 3 heterocycles. The second kappa shape index (κ2) is 8.45. The van der Waals surface area contributed by atoms with Crippen LogP contribution in [0.25, 0.3) is 11.4 Å². The summed E-state index contributed by atoms with van der Waals surface area (Å²) in [6.45, 7) is 0.507. The van der Waals surface area contributed by atoms with Crippen LogP contribution < -0.4 is 4.74 Å². The highest BCUT2D eigenvalue weighted by Crippen LogP contribution is 2.42. The van der Waals surface area contributed by atoms with Crippen LogP contribution >= 0.6 is 11.6 Å². The molecule has 0 unspecified atom stereocenters. The molecule has 6 nitrogen and oxygen atoms in total. The Morgan fingerprint density at radius 1 is 1.06 bits per heavy atom. The van der Waals surface area contributed by atoms with E-state index in [1.54, 1.807) is 18.3 Å². The molecule has 0 saturated carbocycles. The van der Waals surface area contributed by atoms with E-state index in [-0.39, 0.29) is 10.9 Å². The lowest BCUT2D eigenvalue weighted by molar-refractivity contribution is 0.0984. The summed E-state index contributed by atoms with van der Waals surface area (Å²) in [5.74, 6) is 1.12. The maximum atomic E-state index is 14.0. The van der Waals surface area contributed by atoms with Crippen molar-refractivity contribution in [3.05, 3.63) is 89.2 Å². The molecule has 1 aliphatic heterocycles. The molecular weight excluding hydrogens is 421 g/mol. The normalized spacial score (nSPS) is 18.3. The molecule has 0 N–H and O–H groups in total. The van der Waals surface area contributed by atoms with Gasteiger partial charge in [0.25, 0.3) is 0 Å². The number of hydrogen-bond donors (Lipinski definition) is 0. The van der Waals surface area contributed by atoms with Gasteiger partial charge in [-0.2, -0.15) is 4.98 Å². The molecule has 2 aromatic heterocycles. The topological polar surface area (TPSA) is 70.3 Å². The molecule has 5 rings (SSSR count). The largest absolute Gasteiger partial charge is 0.438 e. The Morgan fingerprint density at radius 3 is 2.77 bits per heavy atom. The molecule has 156 valence electrons. The van der Waals surface area contributed by atoms with Crippen LogP contribution in [0, 0.1) is 5.82 Å². The number of ether oxygens (including phenoxy) is 2. The van der Waals surface area contributed by atoms with E-state index in [0.29, 0.717) is 47.5 Å². The van der Waals surface area contributed by atoms with E-state index in [1.807, 2.05) is 36.4 Å². The molecule has 2 atom stereocenters. The molecule has 0 bridgehead atoms. The number of nitrogens with zero attached hydrogens (tertiary/aromatic N) is 3. The van der Waals surface area contributed by atoms with Gasteiger partial charge in [-0.15, -0.1) is 0 Å². The summed E-state index contributed by atoms with van der Waals surface area (Å²) in [7, 11) is 0. The van der Waals surface area contributed by atoms with E-state index in [1.165, 1.54) is 12.1 Å². The van der Waals surface area contributed by atoms with E-state index in [4.69, 9.17) is 25.6 Å². The zero-order valence-corrected chi connectivity index (χ0v) is 17.0. The van der Waals surface area contributed by atoms with Crippen LogP contribution in [0.15, 0.2) is 71.4 Å². The van der Waals surface area contributed by atoms with Gasteiger partial charge in [0, 0.05) is 12.8 Å². The fourth-order valence-electron chi connectivity index (χ4n) is 3.60. The van der Waals surface area contributed by atoms with Crippen molar-refractivity contribution in [2.45, 2.75) is 18.4 Å². The minimum Gasteiger partial charge on any atom is -0.438 e. The summed E-state index contributed by atoms with van der Waals surface area (Å²) in [5.41, 5.74) is 1.29. The maximum absolute atomic E-state index is 14.0. The summed E-state index contributed by atoms with van der Waals surface area (Å²) < 4.78 is 31.3. The second-order valence-corrected chi connectivity index (χ2v) is 7.49. The van der Waals surface area contributed by atoms with Crippen LogP contribution in [0.3, 0.4) is 0 Å². The van der Waals surface area contributed by atoms with E-state index in [9.17, 15) is 4.39 Å². The van der Waals surface area contributed by atoms with Gasteiger partial charge >= 0.3 is 0 Å². The standard InChI is InChI=1S/C23H17ClFN3O3/c24-18-9-8-14(13-19(18)25)20-16(10-12-29-20)23-27-21(28-31-23)17-7-4-11-26-22(17)30-15-5-2-1-3-6-15/h1-9,11,13,16,20H,10,12H2/t16-,20+/m1/s1. The van der Waals surface area contributed by atoms with Gasteiger partial charge in [-0.25, -0.2) is 9.37 Å². The predicted molar refractivity (Wildman–Crippen MR) is 112 cm³/mol.